The molecule has 0 heterocycles. The molecule has 1 rings (SSSR count). The van der Waals surface area contributed by atoms with Crippen molar-refractivity contribution in [1.82, 2.24) is 0 Å². The Morgan fingerprint density at radius 3 is 2.47 bits per heavy atom. The number of ether oxygens (including phenoxy) is 2. The summed E-state index contributed by atoms with van der Waals surface area (Å²) in [7, 11) is 1.64. The van der Waals surface area contributed by atoms with Crippen LogP contribution in [0.4, 0.5) is 0 Å². The van der Waals surface area contributed by atoms with E-state index in [0.717, 1.165) is 23.3 Å². The Bertz CT molecular complexity index is 349. The molecule has 1 aromatic carbocycles. The Morgan fingerprint density at radius 2 is 2.00 bits per heavy atom. The first-order valence-corrected chi connectivity index (χ1v) is 6.08. The minimum atomic E-state index is -0.578. The number of hydrogen-bond acceptors (Lipinski definition) is 3. The van der Waals surface area contributed by atoms with Crippen LogP contribution in [0.5, 0.6) is 5.75 Å². The van der Waals surface area contributed by atoms with Gasteiger partial charge in [-0.05, 0) is 43.5 Å². The van der Waals surface area contributed by atoms with E-state index >= 15 is 0 Å². The van der Waals surface area contributed by atoms with E-state index in [0.29, 0.717) is 6.61 Å². The number of methoxy groups -OCH3 is 1. The van der Waals surface area contributed by atoms with Gasteiger partial charge < -0.3 is 14.6 Å². The van der Waals surface area contributed by atoms with E-state index in [2.05, 4.69) is 0 Å². The largest absolute Gasteiger partial charge is 0.497 e. The van der Waals surface area contributed by atoms with Crippen molar-refractivity contribution in [3.05, 3.63) is 29.3 Å². The number of aryl methyl sites for hydroxylation is 1. The van der Waals surface area contributed by atoms with Gasteiger partial charge in [-0.2, -0.15) is 0 Å². The van der Waals surface area contributed by atoms with Crippen LogP contribution in [0.15, 0.2) is 18.2 Å². The van der Waals surface area contributed by atoms with Crippen LogP contribution in [0.2, 0.25) is 0 Å². The summed E-state index contributed by atoms with van der Waals surface area (Å²) in [6.45, 7) is 6.54. The highest BCUT2D eigenvalue weighted by Gasteiger charge is 2.21. The van der Waals surface area contributed by atoms with Crippen LogP contribution in [-0.4, -0.2) is 24.9 Å². The van der Waals surface area contributed by atoms with Gasteiger partial charge in [-0.15, -0.1) is 0 Å². The molecular formula is C14H22O3. The molecule has 1 aromatic rings. The molecule has 0 bridgehead atoms. The lowest BCUT2D eigenvalue weighted by Gasteiger charge is -2.23. The molecule has 0 aliphatic carbocycles. The molecule has 17 heavy (non-hydrogen) atoms. The van der Waals surface area contributed by atoms with Crippen LogP contribution in [0, 0.1) is 6.92 Å². The zero-order valence-corrected chi connectivity index (χ0v) is 11.1. The van der Waals surface area contributed by atoms with E-state index in [4.69, 9.17) is 9.47 Å². The molecule has 0 radical (unpaired) electrons. The van der Waals surface area contributed by atoms with Gasteiger partial charge >= 0.3 is 0 Å². The molecule has 0 amide bonds. The summed E-state index contributed by atoms with van der Waals surface area (Å²) >= 11 is 0. The highest BCUT2D eigenvalue weighted by molar-refractivity contribution is 5.36. The van der Waals surface area contributed by atoms with Crippen LogP contribution in [0.25, 0.3) is 0 Å². The normalized spacial score (nSPS) is 14.4. The molecule has 3 heteroatoms. The Morgan fingerprint density at radius 1 is 1.29 bits per heavy atom. The maximum absolute atomic E-state index is 10.3. The molecule has 96 valence electrons. The molecule has 2 unspecified atom stereocenters. The van der Waals surface area contributed by atoms with Crippen molar-refractivity contribution < 1.29 is 14.6 Å². The van der Waals surface area contributed by atoms with Gasteiger partial charge in [0.25, 0.3) is 0 Å². The molecule has 0 aromatic heterocycles. The number of aliphatic hydroxyl groups excluding tert-OH is 1. The van der Waals surface area contributed by atoms with Crippen molar-refractivity contribution >= 4 is 0 Å². The van der Waals surface area contributed by atoms with Gasteiger partial charge in [0.15, 0.2) is 0 Å². The van der Waals surface area contributed by atoms with Crippen LogP contribution in [0.3, 0.4) is 0 Å². The van der Waals surface area contributed by atoms with Gasteiger partial charge in [0.2, 0.25) is 0 Å². The molecule has 0 spiro atoms. The van der Waals surface area contributed by atoms with Gasteiger partial charge in [-0.3, -0.25) is 0 Å². The molecule has 0 aliphatic heterocycles. The molecule has 0 saturated carbocycles. The Balaban J connectivity index is 2.90. The molecule has 1 N–H and O–H groups in total. The summed E-state index contributed by atoms with van der Waals surface area (Å²) in [6.07, 6.45) is 0.0680. The maximum atomic E-state index is 10.3. The first kappa shape index (κ1) is 14.0. The van der Waals surface area contributed by atoms with Crippen molar-refractivity contribution in [2.45, 2.75) is 39.4 Å². The summed E-state index contributed by atoms with van der Waals surface area (Å²) < 4.78 is 10.7. The quantitative estimate of drug-likeness (QED) is 0.828. The fraction of sp³-hybridized carbons (Fsp3) is 0.571. The van der Waals surface area contributed by atoms with Gasteiger partial charge in [-0.25, -0.2) is 0 Å². The smallest absolute Gasteiger partial charge is 0.119 e. The topological polar surface area (TPSA) is 38.7 Å². The second-order valence-corrected chi connectivity index (χ2v) is 4.07. The average Bonchev–Trinajstić information content (AvgIpc) is 2.35. The van der Waals surface area contributed by atoms with Crippen LogP contribution in [0.1, 0.15) is 37.5 Å². The van der Waals surface area contributed by atoms with Crippen LogP contribution >= 0.6 is 0 Å². The summed E-state index contributed by atoms with van der Waals surface area (Å²) in [5.41, 5.74) is 1.93. The van der Waals surface area contributed by atoms with E-state index < -0.39 is 6.10 Å². The monoisotopic (exact) mass is 238 g/mol. The third kappa shape index (κ3) is 3.45. The summed E-state index contributed by atoms with van der Waals surface area (Å²) in [5.74, 6) is 0.808. The molecule has 2 atom stereocenters. The number of rotatable bonds is 6. The zero-order valence-electron chi connectivity index (χ0n) is 11.1. The second-order valence-electron chi connectivity index (χ2n) is 4.07. The molecule has 0 aliphatic rings. The number of benzene rings is 1. The van der Waals surface area contributed by atoms with Crippen LogP contribution in [-0.2, 0) is 4.74 Å². The van der Waals surface area contributed by atoms with Crippen molar-refractivity contribution in [1.29, 1.82) is 0 Å². The third-order valence-electron chi connectivity index (χ3n) is 2.93. The first-order valence-electron chi connectivity index (χ1n) is 6.08. The summed E-state index contributed by atoms with van der Waals surface area (Å²) in [4.78, 5) is 0. The fourth-order valence-corrected chi connectivity index (χ4v) is 1.95. The highest BCUT2D eigenvalue weighted by Crippen LogP contribution is 2.27. The van der Waals surface area contributed by atoms with E-state index in [1.165, 1.54) is 0 Å². The fourth-order valence-electron chi connectivity index (χ4n) is 1.95. The van der Waals surface area contributed by atoms with Crippen molar-refractivity contribution in [3.8, 4) is 5.75 Å². The van der Waals surface area contributed by atoms with Crippen molar-refractivity contribution in [3.63, 3.8) is 0 Å². The van der Waals surface area contributed by atoms with Gasteiger partial charge in [-0.1, -0.05) is 13.0 Å². The summed E-state index contributed by atoms with van der Waals surface area (Å²) in [5, 5.41) is 10.3. The SMILES string of the molecule is CCOC(CC)C(O)c1ccc(OC)cc1C. The van der Waals surface area contributed by atoms with Crippen LogP contribution < -0.4 is 4.74 Å². The predicted molar refractivity (Wildman–Crippen MR) is 68.4 cm³/mol. The standard InChI is InChI=1S/C14H22O3/c1-5-13(17-6-2)14(15)12-8-7-11(16-4)9-10(12)3/h7-9,13-15H,5-6H2,1-4H3. The lowest BCUT2D eigenvalue weighted by atomic mass is 9.98. The zero-order chi connectivity index (χ0) is 12.8. The maximum Gasteiger partial charge on any atom is 0.119 e. The molecule has 0 fully saturated rings. The number of hydrogen-bond donors (Lipinski definition) is 1. The van der Waals surface area contributed by atoms with Gasteiger partial charge in [0.05, 0.1) is 13.2 Å². The minimum Gasteiger partial charge on any atom is -0.497 e. The van der Waals surface area contributed by atoms with Gasteiger partial charge in [0, 0.05) is 6.61 Å². The Labute approximate surface area is 103 Å². The van der Waals surface area contributed by atoms with Gasteiger partial charge in [0.1, 0.15) is 11.9 Å². The van der Waals surface area contributed by atoms with Crippen molar-refractivity contribution in [2.24, 2.45) is 0 Å². The third-order valence-corrected chi connectivity index (χ3v) is 2.93. The molecular weight excluding hydrogens is 216 g/mol. The lowest BCUT2D eigenvalue weighted by Crippen LogP contribution is -2.22. The van der Waals surface area contributed by atoms with E-state index in [9.17, 15) is 5.11 Å². The first-order chi connectivity index (χ1) is 8.13. The second kappa shape index (κ2) is 6.62. The lowest BCUT2D eigenvalue weighted by molar-refractivity contribution is -0.0358. The molecule has 3 nitrogen and oxygen atoms in total. The minimum absolute atomic E-state index is 0.146. The highest BCUT2D eigenvalue weighted by atomic mass is 16.5. The number of aliphatic hydroxyl groups is 1. The predicted octanol–water partition coefficient (Wildman–Crippen LogP) is 2.85. The Kier molecular flexibility index (Phi) is 5.45. The van der Waals surface area contributed by atoms with E-state index in [-0.39, 0.29) is 6.10 Å². The van der Waals surface area contributed by atoms with Crippen molar-refractivity contribution in [2.75, 3.05) is 13.7 Å². The van der Waals surface area contributed by atoms with E-state index in [1.807, 2.05) is 39.0 Å². The molecule has 0 saturated heterocycles. The summed E-state index contributed by atoms with van der Waals surface area (Å²) in [6, 6.07) is 5.70. The average molecular weight is 238 g/mol. The van der Waals surface area contributed by atoms with E-state index in [1.54, 1.807) is 7.11 Å². The Hall–Kier alpha value is -1.06.